The van der Waals surface area contributed by atoms with Crippen LogP contribution in [0.1, 0.15) is 38.3 Å². The van der Waals surface area contributed by atoms with Gasteiger partial charge in [0, 0.05) is 0 Å². The molecule has 2 aromatic carbocycles. The standard InChI is InChI=1S/C10H10O2.C7H6ClNO/c11-10(12)9-5-4-7-2-1-3-8(7)6-9;8-6-4-2-1-3-5(6)7(9)10/h4-6H,1-3H2,(H,11,12);1-4H,(H2,9,10). The van der Waals surface area contributed by atoms with Gasteiger partial charge < -0.3 is 10.8 Å². The lowest BCUT2D eigenvalue weighted by molar-refractivity contribution is 0.0696. The van der Waals surface area contributed by atoms with Gasteiger partial charge in [-0.05, 0) is 54.7 Å². The quantitative estimate of drug-likeness (QED) is 0.891. The maximum atomic E-state index is 10.6. The van der Waals surface area contributed by atoms with Gasteiger partial charge in [-0.1, -0.05) is 29.8 Å². The van der Waals surface area contributed by atoms with E-state index in [1.165, 1.54) is 17.5 Å². The highest BCUT2D eigenvalue weighted by Crippen LogP contribution is 2.22. The number of hydrogen-bond donors (Lipinski definition) is 2. The number of benzene rings is 2. The van der Waals surface area contributed by atoms with E-state index in [0.29, 0.717) is 16.1 Å². The second-order valence-electron chi connectivity index (χ2n) is 4.99. The fourth-order valence-corrected chi connectivity index (χ4v) is 2.59. The molecular weight excluding hydrogens is 302 g/mol. The van der Waals surface area contributed by atoms with Crippen molar-refractivity contribution in [1.29, 1.82) is 0 Å². The Balaban J connectivity index is 0.000000164. The van der Waals surface area contributed by atoms with Crippen LogP contribution in [0, 0.1) is 0 Å². The number of fused-ring (bicyclic) bond motifs is 1. The Kier molecular flexibility index (Phi) is 5.17. The first kappa shape index (κ1) is 16.0. The van der Waals surface area contributed by atoms with E-state index in [9.17, 15) is 9.59 Å². The van der Waals surface area contributed by atoms with Crippen molar-refractivity contribution in [3.63, 3.8) is 0 Å². The number of carboxylic acids is 1. The van der Waals surface area contributed by atoms with Gasteiger partial charge >= 0.3 is 5.97 Å². The Morgan fingerprint density at radius 1 is 1.05 bits per heavy atom. The van der Waals surface area contributed by atoms with Crippen LogP contribution in [0.15, 0.2) is 42.5 Å². The Labute approximate surface area is 133 Å². The molecule has 1 amide bonds. The van der Waals surface area contributed by atoms with Crippen LogP contribution in [0.2, 0.25) is 5.02 Å². The summed E-state index contributed by atoms with van der Waals surface area (Å²) in [6.07, 6.45) is 3.31. The Morgan fingerprint density at radius 3 is 2.32 bits per heavy atom. The van der Waals surface area contributed by atoms with Crippen molar-refractivity contribution >= 4 is 23.5 Å². The predicted molar refractivity (Wildman–Crippen MR) is 85.4 cm³/mol. The van der Waals surface area contributed by atoms with Crippen molar-refractivity contribution in [1.82, 2.24) is 0 Å². The van der Waals surface area contributed by atoms with Crippen molar-refractivity contribution < 1.29 is 14.7 Å². The fraction of sp³-hybridized carbons (Fsp3) is 0.176. The van der Waals surface area contributed by atoms with Gasteiger partial charge in [0.15, 0.2) is 0 Å². The fourth-order valence-electron chi connectivity index (χ4n) is 2.37. The lowest BCUT2D eigenvalue weighted by Crippen LogP contribution is -2.10. The zero-order chi connectivity index (χ0) is 16.1. The summed E-state index contributed by atoms with van der Waals surface area (Å²) in [5.41, 5.74) is 8.31. The minimum atomic E-state index is -0.829. The number of aryl methyl sites for hydroxylation is 2. The third-order valence-corrected chi connectivity index (χ3v) is 3.81. The van der Waals surface area contributed by atoms with Crippen molar-refractivity contribution in [3.05, 3.63) is 69.7 Å². The summed E-state index contributed by atoms with van der Waals surface area (Å²) in [4.78, 5) is 21.2. The number of rotatable bonds is 2. The zero-order valence-electron chi connectivity index (χ0n) is 11.9. The molecule has 0 radical (unpaired) electrons. The van der Waals surface area contributed by atoms with Gasteiger partial charge in [0.25, 0.3) is 0 Å². The van der Waals surface area contributed by atoms with E-state index in [1.54, 1.807) is 36.4 Å². The highest BCUT2D eigenvalue weighted by Gasteiger charge is 2.12. The number of primary amides is 1. The molecule has 0 spiro atoms. The van der Waals surface area contributed by atoms with Crippen LogP contribution in [0.25, 0.3) is 0 Å². The zero-order valence-corrected chi connectivity index (χ0v) is 12.6. The number of nitrogens with two attached hydrogens (primary N) is 1. The predicted octanol–water partition coefficient (Wildman–Crippen LogP) is 3.31. The summed E-state index contributed by atoms with van der Waals surface area (Å²) < 4.78 is 0. The molecule has 114 valence electrons. The van der Waals surface area contributed by atoms with E-state index >= 15 is 0 Å². The summed E-state index contributed by atoms with van der Waals surface area (Å²) >= 11 is 5.62. The van der Waals surface area contributed by atoms with Crippen LogP contribution in [0.4, 0.5) is 0 Å². The van der Waals surface area contributed by atoms with Crippen molar-refractivity contribution in [2.24, 2.45) is 5.73 Å². The summed E-state index contributed by atoms with van der Waals surface area (Å²) in [6.45, 7) is 0. The summed E-state index contributed by atoms with van der Waals surface area (Å²) in [7, 11) is 0. The van der Waals surface area contributed by atoms with Gasteiger partial charge in [-0.15, -0.1) is 0 Å². The van der Waals surface area contributed by atoms with Crippen LogP contribution >= 0.6 is 11.6 Å². The summed E-state index contributed by atoms with van der Waals surface area (Å²) in [5.74, 6) is -1.32. The number of aromatic carboxylic acids is 1. The Hall–Kier alpha value is -2.33. The topological polar surface area (TPSA) is 80.4 Å². The Morgan fingerprint density at radius 2 is 1.73 bits per heavy atom. The Bertz CT molecular complexity index is 713. The number of carbonyl (C=O) groups is 2. The molecule has 1 aliphatic carbocycles. The highest BCUT2D eigenvalue weighted by molar-refractivity contribution is 6.33. The number of amides is 1. The van der Waals surface area contributed by atoms with E-state index in [0.717, 1.165) is 12.8 Å². The average Bonchev–Trinajstić information content (AvgIpc) is 2.95. The van der Waals surface area contributed by atoms with Gasteiger partial charge in [-0.25, -0.2) is 4.79 Å². The van der Waals surface area contributed by atoms with Crippen molar-refractivity contribution in [2.45, 2.75) is 19.3 Å². The molecule has 5 heteroatoms. The first-order chi connectivity index (χ1) is 10.5. The first-order valence-electron chi connectivity index (χ1n) is 6.88. The molecule has 0 bridgehead atoms. The maximum Gasteiger partial charge on any atom is 0.335 e. The lowest BCUT2D eigenvalue weighted by atomic mass is 10.1. The van der Waals surface area contributed by atoms with E-state index < -0.39 is 11.9 Å². The van der Waals surface area contributed by atoms with E-state index in [2.05, 4.69) is 0 Å². The van der Waals surface area contributed by atoms with Crippen molar-refractivity contribution in [3.8, 4) is 0 Å². The average molecular weight is 318 g/mol. The third-order valence-electron chi connectivity index (χ3n) is 3.48. The van der Waals surface area contributed by atoms with Gasteiger partial charge in [0.05, 0.1) is 16.1 Å². The van der Waals surface area contributed by atoms with Gasteiger partial charge in [0.1, 0.15) is 0 Å². The minimum Gasteiger partial charge on any atom is -0.478 e. The van der Waals surface area contributed by atoms with E-state index in [1.807, 2.05) is 6.07 Å². The molecule has 3 N–H and O–H groups in total. The van der Waals surface area contributed by atoms with Crippen LogP contribution in [0.5, 0.6) is 0 Å². The molecule has 3 rings (SSSR count). The van der Waals surface area contributed by atoms with Crippen LogP contribution in [-0.2, 0) is 12.8 Å². The number of hydrogen-bond acceptors (Lipinski definition) is 2. The smallest absolute Gasteiger partial charge is 0.335 e. The molecular formula is C17H16ClNO3. The molecule has 0 saturated carbocycles. The lowest BCUT2D eigenvalue weighted by Gasteiger charge is -1.99. The van der Waals surface area contributed by atoms with Crippen LogP contribution < -0.4 is 5.73 Å². The summed E-state index contributed by atoms with van der Waals surface area (Å²) in [6, 6.07) is 12.1. The minimum absolute atomic E-state index is 0.365. The van der Waals surface area contributed by atoms with E-state index in [4.69, 9.17) is 22.4 Å². The molecule has 0 atom stereocenters. The molecule has 0 aliphatic heterocycles. The second-order valence-corrected chi connectivity index (χ2v) is 5.39. The molecule has 0 unspecified atom stereocenters. The molecule has 0 saturated heterocycles. The first-order valence-corrected chi connectivity index (χ1v) is 7.26. The molecule has 1 aliphatic rings. The molecule has 0 fully saturated rings. The van der Waals surface area contributed by atoms with Gasteiger partial charge in [-0.2, -0.15) is 0 Å². The summed E-state index contributed by atoms with van der Waals surface area (Å²) in [5, 5.41) is 9.11. The van der Waals surface area contributed by atoms with Gasteiger partial charge in [-0.3, -0.25) is 4.79 Å². The second kappa shape index (κ2) is 7.09. The SMILES string of the molecule is NC(=O)c1ccccc1Cl.O=C(O)c1ccc2c(c1)CCC2. The molecule has 22 heavy (non-hydrogen) atoms. The number of halogens is 1. The normalized spacial score (nSPS) is 12.0. The van der Waals surface area contributed by atoms with Crippen LogP contribution in [-0.4, -0.2) is 17.0 Å². The van der Waals surface area contributed by atoms with Crippen molar-refractivity contribution in [2.75, 3.05) is 0 Å². The maximum absolute atomic E-state index is 10.6. The van der Waals surface area contributed by atoms with Crippen LogP contribution in [0.3, 0.4) is 0 Å². The number of carbonyl (C=O) groups excluding carboxylic acids is 1. The molecule has 2 aromatic rings. The van der Waals surface area contributed by atoms with E-state index in [-0.39, 0.29) is 0 Å². The van der Waals surface area contributed by atoms with Gasteiger partial charge in [0.2, 0.25) is 5.91 Å². The highest BCUT2D eigenvalue weighted by atomic mass is 35.5. The molecule has 4 nitrogen and oxygen atoms in total. The third kappa shape index (κ3) is 3.86. The molecule has 0 heterocycles. The number of carboxylic acid groups (broad SMARTS) is 1. The molecule has 0 aromatic heterocycles. The monoisotopic (exact) mass is 317 g/mol. The largest absolute Gasteiger partial charge is 0.478 e.